The maximum absolute atomic E-state index is 5.23. The van der Waals surface area contributed by atoms with Gasteiger partial charge >= 0.3 is 0 Å². The number of nitrogens with one attached hydrogen (secondary N) is 1. The van der Waals surface area contributed by atoms with E-state index in [1.165, 1.54) is 0 Å². The second kappa shape index (κ2) is 7.05. The second-order valence-electron chi connectivity index (χ2n) is 4.78. The molecule has 1 aliphatic heterocycles. The number of piperidine rings is 1. The molecule has 0 aromatic carbocycles. The Balaban J connectivity index is 2.03. The molecule has 106 valence electrons. The van der Waals surface area contributed by atoms with Crippen LogP contribution in [0.25, 0.3) is 0 Å². The van der Waals surface area contributed by atoms with Gasteiger partial charge in [-0.1, -0.05) is 0 Å². The van der Waals surface area contributed by atoms with Gasteiger partial charge in [0.1, 0.15) is 5.82 Å². The van der Waals surface area contributed by atoms with E-state index in [9.17, 15) is 0 Å². The van der Waals surface area contributed by atoms with Gasteiger partial charge in [-0.2, -0.15) is 4.98 Å². The average molecular weight is 329 g/mol. The van der Waals surface area contributed by atoms with Crippen molar-refractivity contribution in [1.82, 2.24) is 9.97 Å². The minimum Gasteiger partial charge on any atom is -0.384 e. The Bertz CT molecular complexity index is 408. The fourth-order valence-corrected chi connectivity index (χ4v) is 2.81. The van der Waals surface area contributed by atoms with E-state index in [0.29, 0.717) is 11.9 Å². The smallest absolute Gasteiger partial charge is 0.224 e. The Morgan fingerprint density at radius 1 is 1.47 bits per heavy atom. The lowest BCUT2D eigenvalue weighted by molar-refractivity contribution is 0.139. The molecule has 0 saturated carbocycles. The SMILES string of the molecule is CCNc1ncc(Br)c(N2CCC(COC)CC2)n1. The van der Waals surface area contributed by atoms with E-state index >= 15 is 0 Å². The van der Waals surface area contributed by atoms with Gasteiger partial charge in [-0.25, -0.2) is 4.98 Å². The zero-order valence-corrected chi connectivity index (χ0v) is 13.1. The average Bonchev–Trinajstić information content (AvgIpc) is 2.43. The lowest BCUT2D eigenvalue weighted by Gasteiger charge is -2.33. The molecule has 1 saturated heterocycles. The van der Waals surface area contributed by atoms with Crippen LogP contribution in [-0.4, -0.2) is 43.3 Å². The first-order chi connectivity index (χ1) is 9.24. The molecule has 5 nitrogen and oxygen atoms in total. The Morgan fingerprint density at radius 2 is 2.21 bits per heavy atom. The van der Waals surface area contributed by atoms with Crippen molar-refractivity contribution < 1.29 is 4.74 Å². The van der Waals surface area contributed by atoms with Gasteiger partial charge in [-0.05, 0) is 41.6 Å². The van der Waals surface area contributed by atoms with Crippen LogP contribution in [0.4, 0.5) is 11.8 Å². The third-order valence-corrected chi connectivity index (χ3v) is 3.94. The highest BCUT2D eigenvalue weighted by Gasteiger charge is 2.22. The fraction of sp³-hybridized carbons (Fsp3) is 0.692. The minimum absolute atomic E-state index is 0.676. The molecule has 2 heterocycles. The minimum atomic E-state index is 0.676. The van der Waals surface area contributed by atoms with Crippen molar-refractivity contribution in [3.05, 3.63) is 10.7 Å². The molecule has 0 amide bonds. The van der Waals surface area contributed by atoms with Gasteiger partial charge in [0.2, 0.25) is 5.95 Å². The number of nitrogens with zero attached hydrogens (tertiary/aromatic N) is 3. The molecular formula is C13H21BrN4O. The van der Waals surface area contributed by atoms with Crippen LogP contribution in [0.3, 0.4) is 0 Å². The number of hydrogen-bond donors (Lipinski definition) is 1. The van der Waals surface area contributed by atoms with Crippen molar-refractivity contribution in [3.8, 4) is 0 Å². The van der Waals surface area contributed by atoms with E-state index in [1.54, 1.807) is 7.11 Å². The van der Waals surface area contributed by atoms with Crippen LogP contribution in [-0.2, 0) is 4.74 Å². The van der Waals surface area contributed by atoms with Gasteiger partial charge in [-0.3, -0.25) is 0 Å². The number of ether oxygens (including phenoxy) is 1. The summed E-state index contributed by atoms with van der Waals surface area (Å²) in [6.45, 7) is 5.78. The summed E-state index contributed by atoms with van der Waals surface area (Å²) >= 11 is 3.54. The molecule has 0 aliphatic carbocycles. The highest BCUT2D eigenvalue weighted by molar-refractivity contribution is 9.10. The Labute approximate surface area is 122 Å². The largest absolute Gasteiger partial charge is 0.384 e. The summed E-state index contributed by atoms with van der Waals surface area (Å²) in [7, 11) is 1.77. The van der Waals surface area contributed by atoms with E-state index in [2.05, 4.69) is 36.1 Å². The summed E-state index contributed by atoms with van der Waals surface area (Å²) < 4.78 is 6.19. The van der Waals surface area contributed by atoms with E-state index < -0.39 is 0 Å². The van der Waals surface area contributed by atoms with E-state index in [-0.39, 0.29) is 0 Å². The van der Waals surface area contributed by atoms with Gasteiger partial charge in [0.25, 0.3) is 0 Å². The molecule has 0 bridgehead atoms. The predicted molar refractivity (Wildman–Crippen MR) is 80.7 cm³/mol. The number of anilines is 2. The number of methoxy groups -OCH3 is 1. The zero-order chi connectivity index (χ0) is 13.7. The molecule has 0 unspecified atom stereocenters. The third kappa shape index (κ3) is 3.79. The molecule has 1 aromatic rings. The molecule has 0 radical (unpaired) electrons. The van der Waals surface area contributed by atoms with Crippen molar-refractivity contribution in [3.63, 3.8) is 0 Å². The van der Waals surface area contributed by atoms with Crippen LogP contribution >= 0.6 is 15.9 Å². The summed E-state index contributed by atoms with van der Waals surface area (Å²) in [4.78, 5) is 11.2. The molecule has 19 heavy (non-hydrogen) atoms. The highest BCUT2D eigenvalue weighted by atomic mass is 79.9. The lowest BCUT2D eigenvalue weighted by atomic mass is 9.98. The zero-order valence-electron chi connectivity index (χ0n) is 11.5. The van der Waals surface area contributed by atoms with Gasteiger partial charge in [-0.15, -0.1) is 0 Å². The molecule has 1 fully saturated rings. The van der Waals surface area contributed by atoms with Crippen molar-refractivity contribution in [1.29, 1.82) is 0 Å². The van der Waals surface area contributed by atoms with Crippen molar-refractivity contribution in [2.24, 2.45) is 5.92 Å². The first kappa shape index (κ1) is 14.5. The quantitative estimate of drug-likeness (QED) is 0.900. The van der Waals surface area contributed by atoms with Crippen LogP contribution in [0, 0.1) is 5.92 Å². The highest BCUT2D eigenvalue weighted by Crippen LogP contribution is 2.28. The summed E-state index contributed by atoms with van der Waals surface area (Å²) in [5, 5.41) is 3.15. The summed E-state index contributed by atoms with van der Waals surface area (Å²) in [6.07, 6.45) is 4.13. The fourth-order valence-electron chi connectivity index (χ4n) is 2.37. The van der Waals surface area contributed by atoms with Crippen LogP contribution in [0.1, 0.15) is 19.8 Å². The number of hydrogen-bond acceptors (Lipinski definition) is 5. The second-order valence-corrected chi connectivity index (χ2v) is 5.64. The standard InChI is InChI=1S/C13H21BrN4O/c1-3-15-13-16-8-11(14)12(17-13)18-6-4-10(5-7-18)9-19-2/h8,10H,3-7,9H2,1-2H3,(H,15,16,17). The van der Waals surface area contributed by atoms with E-state index in [1.807, 2.05) is 13.1 Å². The first-order valence-electron chi connectivity index (χ1n) is 6.75. The lowest BCUT2D eigenvalue weighted by Crippen LogP contribution is -2.35. The predicted octanol–water partition coefficient (Wildman–Crippen LogP) is 2.53. The molecule has 0 spiro atoms. The molecule has 6 heteroatoms. The van der Waals surface area contributed by atoms with E-state index in [4.69, 9.17) is 4.74 Å². The van der Waals surface area contributed by atoms with E-state index in [0.717, 1.165) is 49.4 Å². The number of rotatable bonds is 5. The number of halogens is 1. The van der Waals surface area contributed by atoms with Gasteiger partial charge in [0.05, 0.1) is 4.47 Å². The van der Waals surface area contributed by atoms with Crippen molar-refractivity contribution >= 4 is 27.7 Å². The summed E-state index contributed by atoms with van der Waals surface area (Å²) in [5.41, 5.74) is 0. The summed E-state index contributed by atoms with van der Waals surface area (Å²) in [6, 6.07) is 0. The molecule has 1 aromatic heterocycles. The van der Waals surface area contributed by atoms with Gasteiger partial charge in [0.15, 0.2) is 0 Å². The molecule has 0 atom stereocenters. The van der Waals surface area contributed by atoms with Gasteiger partial charge in [0, 0.05) is 39.5 Å². The maximum atomic E-state index is 5.23. The normalized spacial score (nSPS) is 16.7. The third-order valence-electron chi connectivity index (χ3n) is 3.38. The van der Waals surface area contributed by atoms with Crippen LogP contribution in [0.5, 0.6) is 0 Å². The molecular weight excluding hydrogens is 308 g/mol. The Hall–Kier alpha value is -0.880. The molecule has 2 rings (SSSR count). The summed E-state index contributed by atoms with van der Waals surface area (Å²) in [5.74, 6) is 2.36. The maximum Gasteiger partial charge on any atom is 0.224 e. The molecule has 1 N–H and O–H groups in total. The molecule has 1 aliphatic rings. The number of aromatic nitrogens is 2. The Kier molecular flexibility index (Phi) is 5.39. The van der Waals surface area contributed by atoms with Crippen LogP contribution in [0.2, 0.25) is 0 Å². The van der Waals surface area contributed by atoms with Crippen molar-refractivity contribution in [2.75, 3.05) is 43.6 Å². The first-order valence-corrected chi connectivity index (χ1v) is 7.54. The van der Waals surface area contributed by atoms with Crippen LogP contribution in [0.15, 0.2) is 10.7 Å². The van der Waals surface area contributed by atoms with Gasteiger partial charge < -0.3 is 15.0 Å². The topological polar surface area (TPSA) is 50.3 Å². The van der Waals surface area contributed by atoms with Crippen LogP contribution < -0.4 is 10.2 Å². The Morgan fingerprint density at radius 3 is 2.84 bits per heavy atom. The van der Waals surface area contributed by atoms with Crippen molar-refractivity contribution in [2.45, 2.75) is 19.8 Å². The monoisotopic (exact) mass is 328 g/mol.